The van der Waals surface area contributed by atoms with Gasteiger partial charge in [0, 0.05) is 59.6 Å². The molecular formula is C18H31FN4O2. The predicted octanol–water partition coefficient (Wildman–Crippen LogP) is 1.61. The van der Waals surface area contributed by atoms with Crippen LogP contribution < -0.4 is 10.6 Å². The average molecular weight is 354 g/mol. The molecule has 0 saturated carbocycles. The summed E-state index contributed by atoms with van der Waals surface area (Å²) < 4.78 is 23.7. The van der Waals surface area contributed by atoms with Crippen LogP contribution in [0, 0.1) is 5.82 Å². The largest absolute Gasteiger partial charge is 0.385 e. The Hall–Kier alpha value is -1.70. The molecule has 0 amide bonds. The highest BCUT2D eigenvalue weighted by molar-refractivity contribution is 5.79. The van der Waals surface area contributed by atoms with Crippen LogP contribution in [0.1, 0.15) is 17.5 Å². The molecule has 142 valence electrons. The van der Waals surface area contributed by atoms with Crippen LogP contribution in [0.3, 0.4) is 0 Å². The Kier molecular flexibility index (Phi) is 10.8. The molecule has 0 fully saturated rings. The minimum absolute atomic E-state index is 0.246. The molecule has 1 aromatic rings. The lowest BCUT2D eigenvalue weighted by atomic mass is 10.1. The summed E-state index contributed by atoms with van der Waals surface area (Å²) in [6.07, 6.45) is 1.02. The summed E-state index contributed by atoms with van der Waals surface area (Å²) in [7, 11) is 7.10. The van der Waals surface area contributed by atoms with Gasteiger partial charge in [0.15, 0.2) is 5.96 Å². The lowest BCUT2D eigenvalue weighted by molar-refractivity contribution is 0.180. The molecule has 0 heterocycles. The Morgan fingerprint density at radius 1 is 1.20 bits per heavy atom. The van der Waals surface area contributed by atoms with Crippen molar-refractivity contribution < 1.29 is 13.9 Å². The molecule has 1 aromatic carbocycles. The zero-order valence-corrected chi connectivity index (χ0v) is 15.8. The fourth-order valence-corrected chi connectivity index (χ4v) is 2.37. The van der Waals surface area contributed by atoms with Crippen LogP contribution in [-0.4, -0.2) is 65.4 Å². The van der Waals surface area contributed by atoms with Crippen molar-refractivity contribution in [3.8, 4) is 0 Å². The number of hydrogen-bond acceptors (Lipinski definition) is 4. The first-order valence-electron chi connectivity index (χ1n) is 8.49. The average Bonchev–Trinajstić information content (AvgIpc) is 2.61. The van der Waals surface area contributed by atoms with E-state index in [1.54, 1.807) is 27.3 Å². The quantitative estimate of drug-likeness (QED) is 0.359. The maximum Gasteiger partial charge on any atom is 0.191 e. The lowest BCUT2D eigenvalue weighted by Gasteiger charge is -2.18. The fraction of sp³-hybridized carbons (Fsp3) is 0.611. The highest BCUT2D eigenvalue weighted by Gasteiger charge is 2.05. The summed E-state index contributed by atoms with van der Waals surface area (Å²) in [5, 5.41) is 6.52. The van der Waals surface area contributed by atoms with Crippen LogP contribution in [0.2, 0.25) is 0 Å². The van der Waals surface area contributed by atoms with Crippen molar-refractivity contribution >= 4 is 5.96 Å². The van der Waals surface area contributed by atoms with E-state index >= 15 is 0 Å². The Morgan fingerprint density at radius 2 is 2.00 bits per heavy atom. The van der Waals surface area contributed by atoms with Gasteiger partial charge in [-0.2, -0.15) is 0 Å². The second-order valence-electron chi connectivity index (χ2n) is 5.86. The van der Waals surface area contributed by atoms with Gasteiger partial charge in [-0.3, -0.25) is 4.99 Å². The SMILES string of the molecule is CN=C(NCCN(C)CCCOC)NCc1ccc(F)c(COC)c1. The van der Waals surface area contributed by atoms with E-state index in [4.69, 9.17) is 9.47 Å². The summed E-state index contributed by atoms with van der Waals surface area (Å²) >= 11 is 0. The molecule has 0 aromatic heterocycles. The van der Waals surface area contributed by atoms with Crippen molar-refractivity contribution in [3.63, 3.8) is 0 Å². The van der Waals surface area contributed by atoms with Gasteiger partial charge in [-0.05, 0) is 31.2 Å². The molecule has 2 N–H and O–H groups in total. The van der Waals surface area contributed by atoms with Crippen molar-refractivity contribution in [2.45, 2.75) is 19.6 Å². The lowest BCUT2D eigenvalue weighted by Crippen LogP contribution is -2.40. The van der Waals surface area contributed by atoms with Crippen molar-refractivity contribution in [2.75, 3.05) is 54.6 Å². The molecule has 6 nitrogen and oxygen atoms in total. The number of halogens is 1. The van der Waals surface area contributed by atoms with Crippen molar-refractivity contribution in [1.82, 2.24) is 15.5 Å². The number of guanidine groups is 1. The molecule has 1 rings (SSSR count). The molecule has 0 spiro atoms. The van der Waals surface area contributed by atoms with Crippen LogP contribution >= 0.6 is 0 Å². The number of nitrogens with one attached hydrogen (secondary N) is 2. The van der Waals surface area contributed by atoms with E-state index in [0.29, 0.717) is 12.1 Å². The molecule has 25 heavy (non-hydrogen) atoms. The molecule has 0 aliphatic rings. The molecule has 0 aliphatic heterocycles. The van der Waals surface area contributed by atoms with E-state index < -0.39 is 0 Å². The number of nitrogens with zero attached hydrogens (tertiary/aromatic N) is 2. The van der Waals surface area contributed by atoms with Gasteiger partial charge in [0.05, 0.1) is 6.61 Å². The first-order valence-corrected chi connectivity index (χ1v) is 8.49. The Balaban J connectivity index is 2.36. The number of hydrogen-bond donors (Lipinski definition) is 2. The molecule has 0 bridgehead atoms. The zero-order chi connectivity index (χ0) is 18.5. The number of aliphatic imine (C=N–C) groups is 1. The van der Waals surface area contributed by atoms with Gasteiger partial charge < -0.3 is 25.0 Å². The summed E-state index contributed by atoms with van der Waals surface area (Å²) in [6, 6.07) is 5.04. The van der Waals surface area contributed by atoms with Crippen LogP contribution in [-0.2, 0) is 22.6 Å². The van der Waals surface area contributed by atoms with Crippen molar-refractivity contribution in [2.24, 2.45) is 4.99 Å². The van der Waals surface area contributed by atoms with Crippen LogP contribution in [0.25, 0.3) is 0 Å². The smallest absolute Gasteiger partial charge is 0.191 e. The highest BCUT2D eigenvalue weighted by atomic mass is 19.1. The van der Waals surface area contributed by atoms with E-state index in [0.717, 1.165) is 44.2 Å². The number of rotatable bonds is 11. The van der Waals surface area contributed by atoms with Gasteiger partial charge in [-0.15, -0.1) is 0 Å². The van der Waals surface area contributed by atoms with Crippen LogP contribution in [0.15, 0.2) is 23.2 Å². The zero-order valence-electron chi connectivity index (χ0n) is 15.8. The minimum Gasteiger partial charge on any atom is -0.385 e. The molecule has 0 atom stereocenters. The number of ether oxygens (including phenoxy) is 2. The standard InChI is InChI=1S/C18H31FN4O2/c1-20-18(21-8-10-23(2)9-5-11-24-3)22-13-15-6-7-17(19)16(12-15)14-25-4/h6-7,12H,5,8-11,13-14H2,1-4H3,(H2,20,21,22). The van der Waals surface area contributed by atoms with Gasteiger partial charge in [0.2, 0.25) is 0 Å². The molecule has 0 aliphatic carbocycles. The number of likely N-dealkylation sites (N-methyl/N-ethyl adjacent to an activating group) is 1. The van der Waals surface area contributed by atoms with Crippen LogP contribution in [0.5, 0.6) is 0 Å². The second kappa shape index (κ2) is 12.6. The summed E-state index contributed by atoms with van der Waals surface area (Å²) in [5.41, 5.74) is 1.54. The van der Waals surface area contributed by atoms with Crippen molar-refractivity contribution in [3.05, 3.63) is 35.1 Å². The predicted molar refractivity (Wildman–Crippen MR) is 99.3 cm³/mol. The third-order valence-corrected chi connectivity index (χ3v) is 3.77. The Labute approximate surface area is 150 Å². The monoisotopic (exact) mass is 354 g/mol. The maximum absolute atomic E-state index is 13.6. The summed E-state index contributed by atoms with van der Waals surface area (Å²) in [6.45, 7) is 4.33. The fourth-order valence-electron chi connectivity index (χ4n) is 2.37. The normalized spacial score (nSPS) is 11.8. The third-order valence-electron chi connectivity index (χ3n) is 3.77. The van der Waals surface area contributed by atoms with Gasteiger partial charge in [0.25, 0.3) is 0 Å². The molecule has 7 heteroatoms. The third kappa shape index (κ3) is 8.81. The summed E-state index contributed by atoms with van der Waals surface area (Å²) in [4.78, 5) is 6.46. The Morgan fingerprint density at radius 3 is 2.68 bits per heavy atom. The number of benzene rings is 1. The number of methoxy groups -OCH3 is 2. The van der Waals surface area contributed by atoms with Crippen molar-refractivity contribution in [1.29, 1.82) is 0 Å². The first kappa shape index (κ1) is 21.3. The van der Waals surface area contributed by atoms with Gasteiger partial charge in [0.1, 0.15) is 5.82 Å². The second-order valence-corrected chi connectivity index (χ2v) is 5.86. The van der Waals surface area contributed by atoms with E-state index in [9.17, 15) is 4.39 Å². The van der Waals surface area contributed by atoms with E-state index in [-0.39, 0.29) is 12.4 Å². The summed E-state index contributed by atoms with van der Waals surface area (Å²) in [5.74, 6) is 0.479. The molecule has 0 radical (unpaired) electrons. The van der Waals surface area contributed by atoms with E-state index in [2.05, 4.69) is 27.6 Å². The van der Waals surface area contributed by atoms with E-state index in [1.165, 1.54) is 6.07 Å². The molecule has 0 saturated heterocycles. The first-order chi connectivity index (χ1) is 12.1. The Bertz CT molecular complexity index is 526. The molecule has 0 unspecified atom stereocenters. The highest BCUT2D eigenvalue weighted by Crippen LogP contribution is 2.11. The van der Waals surface area contributed by atoms with Gasteiger partial charge >= 0.3 is 0 Å². The maximum atomic E-state index is 13.6. The topological polar surface area (TPSA) is 58.1 Å². The molecular weight excluding hydrogens is 323 g/mol. The van der Waals surface area contributed by atoms with Gasteiger partial charge in [-0.25, -0.2) is 4.39 Å². The van der Waals surface area contributed by atoms with Gasteiger partial charge in [-0.1, -0.05) is 6.07 Å². The van der Waals surface area contributed by atoms with E-state index in [1.807, 2.05) is 6.07 Å². The van der Waals surface area contributed by atoms with Crippen LogP contribution in [0.4, 0.5) is 4.39 Å². The minimum atomic E-state index is -0.246.